The van der Waals surface area contributed by atoms with Crippen molar-refractivity contribution in [3.8, 4) is 33.4 Å². The van der Waals surface area contributed by atoms with Gasteiger partial charge in [-0.25, -0.2) is 0 Å². The third-order valence-corrected chi connectivity index (χ3v) is 7.98. The molecule has 0 fully saturated rings. The summed E-state index contributed by atoms with van der Waals surface area (Å²) in [6.07, 6.45) is 6.24. The van der Waals surface area contributed by atoms with Gasteiger partial charge in [-0.2, -0.15) is 0 Å². The highest BCUT2D eigenvalue weighted by Crippen LogP contribution is 2.45. The molecule has 0 unspecified atom stereocenters. The van der Waals surface area contributed by atoms with E-state index in [4.69, 9.17) is 4.99 Å². The Kier molecular flexibility index (Phi) is 6.88. The van der Waals surface area contributed by atoms with E-state index in [0.717, 1.165) is 5.69 Å². The average Bonchev–Trinajstić information content (AvgIpc) is 3.00. The third-order valence-electron chi connectivity index (χ3n) is 7.98. The van der Waals surface area contributed by atoms with Crippen molar-refractivity contribution in [2.75, 3.05) is 0 Å². The van der Waals surface area contributed by atoms with Crippen molar-refractivity contribution in [1.29, 1.82) is 0 Å². The van der Waals surface area contributed by atoms with Crippen molar-refractivity contribution >= 4 is 39.5 Å². The number of nitrogens with zero attached hydrogens (tertiary/aromatic N) is 1. The van der Waals surface area contributed by atoms with Crippen molar-refractivity contribution in [3.05, 3.63) is 132 Å². The number of hydrogen-bond donors (Lipinski definition) is 0. The normalized spacial score (nSPS) is 11.8. The first-order valence-electron chi connectivity index (χ1n) is 14.0. The van der Waals surface area contributed by atoms with E-state index in [-0.39, 0.29) is 0 Å². The molecule has 0 saturated heterocycles. The van der Waals surface area contributed by atoms with Crippen molar-refractivity contribution < 1.29 is 0 Å². The summed E-state index contributed by atoms with van der Waals surface area (Å²) in [7, 11) is 0. The number of rotatable bonds is 5. The Morgan fingerprint density at radius 3 is 1.65 bits per heavy atom. The minimum absolute atomic E-state index is 1.02. The van der Waals surface area contributed by atoms with E-state index in [1.165, 1.54) is 71.6 Å². The largest absolute Gasteiger partial charge is 0.261 e. The van der Waals surface area contributed by atoms with Crippen LogP contribution in [0.5, 0.6) is 0 Å². The molecule has 0 aliphatic rings. The lowest BCUT2D eigenvalue weighted by molar-refractivity contribution is 1.30. The molecule has 0 aliphatic carbocycles. The molecular weight excluding hydrogens is 482 g/mol. The summed E-state index contributed by atoms with van der Waals surface area (Å²) < 4.78 is 0. The topological polar surface area (TPSA) is 12.4 Å². The number of benzene rings is 6. The van der Waals surface area contributed by atoms with Crippen LogP contribution >= 0.6 is 0 Å². The minimum Gasteiger partial charge on any atom is -0.261 e. The minimum atomic E-state index is 1.02. The van der Waals surface area contributed by atoms with E-state index in [0.29, 0.717) is 0 Å². The monoisotopic (exact) mass is 515 g/mol. The second-order valence-corrected chi connectivity index (χ2v) is 10.3. The summed E-state index contributed by atoms with van der Waals surface area (Å²) in [6, 6.07) is 39.7. The van der Waals surface area contributed by atoms with Crippen LogP contribution < -0.4 is 0 Å². The van der Waals surface area contributed by atoms with Crippen LogP contribution in [0.3, 0.4) is 0 Å². The predicted molar refractivity (Wildman–Crippen MR) is 176 cm³/mol. The molecule has 0 spiro atoms. The Balaban J connectivity index is 1.77. The number of fused-ring (bicyclic) bond motifs is 2. The molecule has 0 aliphatic heterocycles. The van der Waals surface area contributed by atoms with Crippen molar-refractivity contribution in [2.45, 2.75) is 27.7 Å². The molecule has 0 N–H and O–H groups in total. The van der Waals surface area contributed by atoms with Gasteiger partial charge in [-0.1, -0.05) is 109 Å². The van der Waals surface area contributed by atoms with Gasteiger partial charge in [-0.3, -0.25) is 4.99 Å². The van der Waals surface area contributed by atoms with E-state index in [9.17, 15) is 0 Å². The lowest BCUT2D eigenvalue weighted by atomic mass is 9.84. The van der Waals surface area contributed by atoms with Crippen molar-refractivity contribution in [2.24, 2.45) is 4.99 Å². The van der Waals surface area contributed by atoms with Crippen LogP contribution in [0.4, 0.5) is 5.69 Å². The highest BCUT2D eigenvalue weighted by atomic mass is 14.7. The van der Waals surface area contributed by atoms with Crippen molar-refractivity contribution in [3.63, 3.8) is 0 Å². The Morgan fingerprint density at radius 2 is 1.07 bits per heavy atom. The quantitative estimate of drug-likeness (QED) is 0.160. The summed E-state index contributed by atoms with van der Waals surface area (Å²) in [5, 5.41) is 5.05. The van der Waals surface area contributed by atoms with Gasteiger partial charge in [0.25, 0.3) is 0 Å². The molecule has 6 rings (SSSR count). The highest BCUT2D eigenvalue weighted by molar-refractivity contribution is 6.22. The zero-order valence-corrected chi connectivity index (χ0v) is 23.6. The lowest BCUT2D eigenvalue weighted by Gasteiger charge is -2.20. The second kappa shape index (κ2) is 10.8. The maximum absolute atomic E-state index is 4.73. The van der Waals surface area contributed by atoms with Crippen LogP contribution in [-0.2, 0) is 0 Å². The number of allylic oxidation sites excluding steroid dienone is 1. The summed E-state index contributed by atoms with van der Waals surface area (Å²) in [4.78, 5) is 4.73. The summed E-state index contributed by atoms with van der Waals surface area (Å²) in [5.74, 6) is 0. The lowest BCUT2D eigenvalue weighted by Crippen LogP contribution is -1.95. The van der Waals surface area contributed by atoms with E-state index in [2.05, 4.69) is 142 Å². The molecule has 0 amide bonds. The molecule has 1 heteroatoms. The molecule has 0 aromatic heterocycles. The number of hydrogen-bond acceptors (Lipinski definition) is 1. The van der Waals surface area contributed by atoms with Crippen LogP contribution in [0, 0.1) is 13.8 Å². The van der Waals surface area contributed by atoms with Gasteiger partial charge in [0.2, 0.25) is 0 Å². The smallest absolute Gasteiger partial charge is 0.0663 e. The molecule has 40 heavy (non-hydrogen) atoms. The fraction of sp³-hybridized carbons (Fsp3) is 0.103. The van der Waals surface area contributed by atoms with E-state index in [1.807, 2.05) is 13.1 Å². The zero-order chi connectivity index (χ0) is 27.6. The first-order valence-corrected chi connectivity index (χ1v) is 14.0. The van der Waals surface area contributed by atoms with Gasteiger partial charge in [0.1, 0.15) is 0 Å². The van der Waals surface area contributed by atoms with Gasteiger partial charge in [0.05, 0.1) is 5.69 Å². The van der Waals surface area contributed by atoms with Crippen LogP contribution in [0.15, 0.2) is 120 Å². The molecule has 6 aromatic carbocycles. The van der Waals surface area contributed by atoms with Gasteiger partial charge in [0.15, 0.2) is 0 Å². The van der Waals surface area contributed by atoms with Crippen LogP contribution in [0.25, 0.3) is 61.0 Å². The average molecular weight is 516 g/mol. The standard InChI is InChI=1S/C39H33N/c1-5-15-31-26(3)27(4)37(40-6-2)25-35(31)30-22-23-34-36(24-30)39(29-18-11-8-12-19-29)33-21-14-13-20-32(33)38(34)28-16-9-7-10-17-28/h5-25H,1-4H3/b15-5-,40-6?. The first kappa shape index (κ1) is 25.5. The molecule has 0 heterocycles. The molecule has 194 valence electrons. The predicted octanol–water partition coefficient (Wildman–Crippen LogP) is 11.4. The van der Waals surface area contributed by atoms with Gasteiger partial charge < -0.3 is 0 Å². The third kappa shape index (κ3) is 4.34. The van der Waals surface area contributed by atoms with Crippen LogP contribution in [0.1, 0.15) is 30.5 Å². The summed E-state index contributed by atoms with van der Waals surface area (Å²) in [6.45, 7) is 8.44. The van der Waals surface area contributed by atoms with E-state index < -0.39 is 0 Å². The Morgan fingerprint density at radius 1 is 0.525 bits per heavy atom. The molecule has 0 atom stereocenters. The molecular formula is C39H33N. The zero-order valence-electron chi connectivity index (χ0n) is 23.6. The molecule has 0 radical (unpaired) electrons. The fourth-order valence-electron chi connectivity index (χ4n) is 5.99. The Hall–Kier alpha value is -4.75. The SMILES string of the molecule is CC=Nc1cc(-c2ccc3c(-c4ccccc4)c4ccccc4c(-c4ccccc4)c3c2)c(/C=C\C)c(C)c1C. The van der Waals surface area contributed by atoms with E-state index in [1.54, 1.807) is 0 Å². The van der Waals surface area contributed by atoms with Crippen molar-refractivity contribution in [1.82, 2.24) is 0 Å². The fourth-order valence-corrected chi connectivity index (χ4v) is 5.99. The summed E-state index contributed by atoms with van der Waals surface area (Å²) in [5.41, 5.74) is 12.2. The molecule has 1 nitrogen and oxygen atoms in total. The van der Waals surface area contributed by atoms with Crippen LogP contribution in [-0.4, -0.2) is 6.21 Å². The summed E-state index contributed by atoms with van der Waals surface area (Å²) >= 11 is 0. The van der Waals surface area contributed by atoms with Gasteiger partial charge in [-0.05, 0) is 111 Å². The molecule has 0 saturated carbocycles. The maximum Gasteiger partial charge on any atom is 0.0663 e. The maximum atomic E-state index is 4.73. The van der Waals surface area contributed by atoms with Gasteiger partial charge in [0, 0.05) is 6.21 Å². The van der Waals surface area contributed by atoms with Crippen LogP contribution in [0.2, 0.25) is 0 Å². The molecule has 0 bridgehead atoms. The Labute approximate surface area is 237 Å². The Bertz CT molecular complexity index is 1910. The first-order chi connectivity index (χ1) is 19.6. The van der Waals surface area contributed by atoms with E-state index >= 15 is 0 Å². The van der Waals surface area contributed by atoms with Gasteiger partial charge in [-0.15, -0.1) is 0 Å². The second-order valence-electron chi connectivity index (χ2n) is 10.3. The number of aliphatic imine (C=N–C) groups is 1. The highest BCUT2D eigenvalue weighted by Gasteiger charge is 2.19. The van der Waals surface area contributed by atoms with Gasteiger partial charge >= 0.3 is 0 Å². The molecule has 6 aromatic rings.